The van der Waals surface area contributed by atoms with Crippen LogP contribution in [0.2, 0.25) is 0 Å². The zero-order valence-electron chi connectivity index (χ0n) is 8.81. The summed E-state index contributed by atoms with van der Waals surface area (Å²) < 4.78 is 5.37. The molecule has 1 unspecified atom stereocenters. The number of nitrogens with zero attached hydrogens (tertiary/aromatic N) is 1. The second-order valence-electron chi connectivity index (χ2n) is 3.74. The molecule has 0 N–H and O–H groups in total. The molecule has 0 radical (unpaired) electrons. The van der Waals surface area contributed by atoms with E-state index < -0.39 is 0 Å². The fraction of sp³-hybridized carbons (Fsp3) is 0.545. The predicted molar refractivity (Wildman–Crippen MR) is 62.0 cm³/mol. The van der Waals surface area contributed by atoms with E-state index in [1.54, 1.807) is 18.4 Å². The Bertz CT molecular complexity index is 337. The van der Waals surface area contributed by atoms with Crippen LogP contribution in [0, 0.1) is 0 Å². The second-order valence-corrected chi connectivity index (χ2v) is 4.83. The number of rotatable bonds is 3. The molecule has 1 aromatic heterocycles. The van der Waals surface area contributed by atoms with Crippen molar-refractivity contribution in [1.82, 2.24) is 0 Å². The van der Waals surface area contributed by atoms with Crippen LogP contribution >= 0.6 is 11.3 Å². The number of piperidine rings is 1. The molecule has 1 saturated heterocycles. The standard InChI is InChI=1S/C11H15NO2S/c1-14-9-3-2-6-12(7-9)11-5-4-10(8-13)15-11/h4-5,8-9H,2-3,6-7H2,1H3. The summed E-state index contributed by atoms with van der Waals surface area (Å²) >= 11 is 1.55. The number of thiophene rings is 1. The van der Waals surface area contributed by atoms with Crippen molar-refractivity contribution in [3.63, 3.8) is 0 Å². The molecule has 1 aromatic rings. The van der Waals surface area contributed by atoms with Crippen molar-refractivity contribution in [2.24, 2.45) is 0 Å². The number of ether oxygens (including phenoxy) is 1. The number of methoxy groups -OCH3 is 1. The first kappa shape index (κ1) is 10.6. The molecule has 1 atom stereocenters. The van der Waals surface area contributed by atoms with Gasteiger partial charge in [-0.25, -0.2) is 0 Å². The highest BCUT2D eigenvalue weighted by atomic mass is 32.1. The lowest BCUT2D eigenvalue weighted by Crippen LogP contribution is -2.38. The van der Waals surface area contributed by atoms with Crippen LogP contribution in [0.25, 0.3) is 0 Å². The van der Waals surface area contributed by atoms with E-state index in [1.807, 2.05) is 12.1 Å². The van der Waals surface area contributed by atoms with Crippen molar-refractivity contribution in [3.05, 3.63) is 17.0 Å². The Hall–Kier alpha value is -0.870. The zero-order chi connectivity index (χ0) is 10.7. The Kier molecular flexibility index (Phi) is 3.38. The third-order valence-electron chi connectivity index (χ3n) is 2.75. The molecule has 0 aliphatic carbocycles. The van der Waals surface area contributed by atoms with Gasteiger partial charge in [0.15, 0.2) is 6.29 Å². The molecule has 1 fully saturated rings. The summed E-state index contributed by atoms with van der Waals surface area (Å²) in [5, 5.41) is 1.18. The summed E-state index contributed by atoms with van der Waals surface area (Å²) in [6.07, 6.45) is 3.54. The minimum absolute atomic E-state index is 0.334. The lowest BCUT2D eigenvalue weighted by molar-refractivity contribution is 0.0895. The summed E-state index contributed by atoms with van der Waals surface area (Å²) in [5.74, 6) is 0. The van der Waals surface area contributed by atoms with Crippen molar-refractivity contribution in [3.8, 4) is 0 Å². The van der Waals surface area contributed by atoms with Crippen LogP contribution in [0.4, 0.5) is 5.00 Å². The van der Waals surface area contributed by atoms with Gasteiger partial charge in [0.05, 0.1) is 16.0 Å². The summed E-state index contributed by atoms with van der Waals surface area (Å²) in [7, 11) is 1.76. The number of carbonyl (C=O) groups excluding carboxylic acids is 1. The molecule has 2 heterocycles. The first-order valence-electron chi connectivity index (χ1n) is 5.16. The van der Waals surface area contributed by atoms with Gasteiger partial charge in [-0.15, -0.1) is 11.3 Å². The highest BCUT2D eigenvalue weighted by Gasteiger charge is 2.20. The smallest absolute Gasteiger partial charge is 0.160 e. The first-order valence-corrected chi connectivity index (χ1v) is 5.98. The molecule has 0 saturated carbocycles. The van der Waals surface area contributed by atoms with E-state index >= 15 is 0 Å². The summed E-state index contributed by atoms with van der Waals surface area (Å²) in [6.45, 7) is 2.01. The van der Waals surface area contributed by atoms with E-state index in [1.165, 1.54) is 5.00 Å². The average molecular weight is 225 g/mol. The maximum absolute atomic E-state index is 10.6. The summed E-state index contributed by atoms with van der Waals surface area (Å²) in [6, 6.07) is 3.90. The molecule has 1 aliphatic rings. The molecule has 4 heteroatoms. The molecule has 82 valence electrons. The largest absolute Gasteiger partial charge is 0.380 e. The Labute approximate surface area is 93.7 Å². The van der Waals surface area contributed by atoms with Crippen molar-refractivity contribution >= 4 is 22.6 Å². The predicted octanol–water partition coefficient (Wildman–Crippen LogP) is 2.18. The van der Waals surface area contributed by atoms with Crippen molar-refractivity contribution < 1.29 is 9.53 Å². The third kappa shape index (κ3) is 2.38. The van der Waals surface area contributed by atoms with Gasteiger partial charge in [-0.3, -0.25) is 4.79 Å². The van der Waals surface area contributed by atoms with E-state index in [9.17, 15) is 4.79 Å². The van der Waals surface area contributed by atoms with E-state index in [0.717, 1.165) is 37.1 Å². The monoisotopic (exact) mass is 225 g/mol. The SMILES string of the molecule is COC1CCCN(c2ccc(C=O)s2)C1. The molecule has 0 aromatic carbocycles. The molecule has 0 spiro atoms. The van der Waals surface area contributed by atoms with Crippen LogP contribution in [-0.2, 0) is 4.74 Å². The van der Waals surface area contributed by atoms with Gasteiger partial charge in [-0.05, 0) is 25.0 Å². The minimum atomic E-state index is 0.334. The third-order valence-corrected chi connectivity index (χ3v) is 3.82. The van der Waals surface area contributed by atoms with Crippen molar-refractivity contribution in [2.75, 3.05) is 25.1 Å². The lowest BCUT2D eigenvalue weighted by Gasteiger charge is -2.32. The van der Waals surface area contributed by atoms with Crippen LogP contribution in [0.3, 0.4) is 0 Å². The molecule has 0 bridgehead atoms. The van der Waals surface area contributed by atoms with Gasteiger partial charge in [0, 0.05) is 20.2 Å². The summed E-state index contributed by atoms with van der Waals surface area (Å²) in [4.78, 5) is 13.7. The molecule has 0 amide bonds. The quantitative estimate of drug-likeness (QED) is 0.738. The minimum Gasteiger partial charge on any atom is -0.380 e. The second kappa shape index (κ2) is 4.77. The molecular weight excluding hydrogens is 210 g/mol. The van der Waals surface area contributed by atoms with Gasteiger partial charge in [0.2, 0.25) is 0 Å². The van der Waals surface area contributed by atoms with Crippen LogP contribution in [-0.4, -0.2) is 32.6 Å². The van der Waals surface area contributed by atoms with Gasteiger partial charge in [0.1, 0.15) is 0 Å². The molecule has 2 rings (SSSR count). The van der Waals surface area contributed by atoms with Gasteiger partial charge in [0.25, 0.3) is 0 Å². The Balaban J connectivity index is 2.06. The molecule has 3 nitrogen and oxygen atoms in total. The van der Waals surface area contributed by atoms with Crippen molar-refractivity contribution in [1.29, 1.82) is 0 Å². The van der Waals surface area contributed by atoms with Crippen LogP contribution in [0.1, 0.15) is 22.5 Å². The van der Waals surface area contributed by atoms with E-state index in [4.69, 9.17) is 4.74 Å². The molecule has 1 aliphatic heterocycles. The fourth-order valence-corrected chi connectivity index (χ4v) is 2.76. The number of carbonyl (C=O) groups is 1. The van der Waals surface area contributed by atoms with Gasteiger partial charge < -0.3 is 9.64 Å². The van der Waals surface area contributed by atoms with Crippen LogP contribution < -0.4 is 4.90 Å². The maximum atomic E-state index is 10.6. The first-order chi connectivity index (χ1) is 7.33. The topological polar surface area (TPSA) is 29.5 Å². The maximum Gasteiger partial charge on any atom is 0.160 e. The summed E-state index contributed by atoms with van der Waals surface area (Å²) in [5.41, 5.74) is 0. The zero-order valence-corrected chi connectivity index (χ0v) is 9.63. The number of hydrogen-bond donors (Lipinski definition) is 0. The van der Waals surface area contributed by atoms with Crippen LogP contribution in [0.5, 0.6) is 0 Å². The van der Waals surface area contributed by atoms with Gasteiger partial charge in [-0.2, -0.15) is 0 Å². The van der Waals surface area contributed by atoms with Crippen molar-refractivity contribution in [2.45, 2.75) is 18.9 Å². The Morgan fingerprint density at radius 3 is 3.13 bits per heavy atom. The molecule has 15 heavy (non-hydrogen) atoms. The number of aldehydes is 1. The number of hydrogen-bond acceptors (Lipinski definition) is 4. The number of anilines is 1. The average Bonchev–Trinajstić information content (AvgIpc) is 2.78. The van der Waals surface area contributed by atoms with E-state index in [0.29, 0.717) is 6.10 Å². The fourth-order valence-electron chi connectivity index (χ4n) is 1.91. The normalized spacial score (nSPS) is 21.7. The highest BCUT2D eigenvalue weighted by molar-refractivity contribution is 7.17. The van der Waals surface area contributed by atoms with E-state index in [2.05, 4.69) is 4.90 Å². The highest BCUT2D eigenvalue weighted by Crippen LogP contribution is 2.28. The van der Waals surface area contributed by atoms with Gasteiger partial charge >= 0.3 is 0 Å². The van der Waals surface area contributed by atoms with Gasteiger partial charge in [-0.1, -0.05) is 0 Å². The van der Waals surface area contributed by atoms with Crippen LogP contribution in [0.15, 0.2) is 12.1 Å². The Morgan fingerprint density at radius 2 is 2.47 bits per heavy atom. The Morgan fingerprint density at radius 1 is 1.60 bits per heavy atom. The lowest BCUT2D eigenvalue weighted by atomic mass is 10.1. The van der Waals surface area contributed by atoms with E-state index in [-0.39, 0.29) is 0 Å². The molecular formula is C11H15NO2S.